The van der Waals surface area contributed by atoms with Gasteiger partial charge in [0.25, 0.3) is 0 Å². The van der Waals surface area contributed by atoms with E-state index in [4.69, 9.17) is 5.73 Å². The number of nitrogens with one attached hydrogen (secondary N) is 1. The standard InChI is InChI=1S/C12H20N2O2S/c1-4-11(8-13)14-17(15,16)12-6-5-9(2)10(3)7-12/h5-7,11,14H,4,8,13H2,1-3H3. The average Bonchev–Trinajstić information content (AvgIpc) is 2.29. The van der Waals surface area contributed by atoms with E-state index in [1.807, 2.05) is 26.8 Å². The molecule has 0 aliphatic carbocycles. The van der Waals surface area contributed by atoms with Crippen molar-refractivity contribution in [1.29, 1.82) is 0 Å². The number of aryl methyl sites for hydroxylation is 2. The molecule has 96 valence electrons. The first-order valence-corrected chi connectivity index (χ1v) is 7.18. The largest absolute Gasteiger partial charge is 0.329 e. The van der Waals surface area contributed by atoms with Crippen molar-refractivity contribution in [2.24, 2.45) is 5.73 Å². The van der Waals surface area contributed by atoms with Gasteiger partial charge in [0.15, 0.2) is 0 Å². The zero-order valence-corrected chi connectivity index (χ0v) is 11.3. The summed E-state index contributed by atoms with van der Waals surface area (Å²) in [5.74, 6) is 0. The van der Waals surface area contributed by atoms with Crippen molar-refractivity contribution in [3.63, 3.8) is 0 Å². The maximum atomic E-state index is 12.1. The van der Waals surface area contributed by atoms with Crippen LogP contribution in [-0.2, 0) is 10.0 Å². The quantitative estimate of drug-likeness (QED) is 0.834. The van der Waals surface area contributed by atoms with E-state index in [0.29, 0.717) is 17.9 Å². The van der Waals surface area contributed by atoms with E-state index in [1.54, 1.807) is 12.1 Å². The van der Waals surface area contributed by atoms with E-state index in [-0.39, 0.29) is 6.04 Å². The predicted octanol–water partition coefficient (Wildman–Crippen LogP) is 1.32. The van der Waals surface area contributed by atoms with Crippen molar-refractivity contribution in [3.05, 3.63) is 29.3 Å². The molecule has 1 aromatic carbocycles. The summed E-state index contributed by atoms with van der Waals surface area (Å²) in [7, 11) is -3.45. The van der Waals surface area contributed by atoms with Crippen LogP contribution >= 0.6 is 0 Å². The molecule has 0 saturated carbocycles. The Morgan fingerprint density at radius 1 is 1.29 bits per heavy atom. The van der Waals surface area contributed by atoms with Crippen molar-refractivity contribution < 1.29 is 8.42 Å². The van der Waals surface area contributed by atoms with Crippen LogP contribution in [0.5, 0.6) is 0 Å². The van der Waals surface area contributed by atoms with Crippen molar-refractivity contribution in [2.45, 2.75) is 38.1 Å². The Kier molecular flexibility index (Phi) is 4.68. The van der Waals surface area contributed by atoms with Crippen LogP contribution in [0.2, 0.25) is 0 Å². The van der Waals surface area contributed by atoms with E-state index in [9.17, 15) is 8.42 Å². The van der Waals surface area contributed by atoms with Gasteiger partial charge in [0, 0.05) is 12.6 Å². The summed E-state index contributed by atoms with van der Waals surface area (Å²) in [5.41, 5.74) is 7.54. The van der Waals surface area contributed by atoms with Crippen LogP contribution in [0.3, 0.4) is 0 Å². The molecule has 17 heavy (non-hydrogen) atoms. The van der Waals surface area contributed by atoms with Gasteiger partial charge in [-0.15, -0.1) is 0 Å². The van der Waals surface area contributed by atoms with Crippen LogP contribution in [0.15, 0.2) is 23.1 Å². The number of benzene rings is 1. The summed E-state index contributed by atoms with van der Waals surface area (Å²) in [6.45, 7) is 6.06. The number of hydrogen-bond acceptors (Lipinski definition) is 3. The molecule has 0 amide bonds. The smallest absolute Gasteiger partial charge is 0.240 e. The third kappa shape index (κ3) is 3.52. The molecule has 0 radical (unpaired) electrons. The Bertz CT molecular complexity index is 479. The molecule has 4 nitrogen and oxygen atoms in total. The molecule has 0 saturated heterocycles. The lowest BCUT2D eigenvalue weighted by Gasteiger charge is -2.15. The number of hydrogen-bond donors (Lipinski definition) is 2. The van der Waals surface area contributed by atoms with Crippen LogP contribution in [0.1, 0.15) is 24.5 Å². The molecule has 1 unspecified atom stereocenters. The van der Waals surface area contributed by atoms with Gasteiger partial charge in [0.2, 0.25) is 10.0 Å². The minimum atomic E-state index is -3.45. The van der Waals surface area contributed by atoms with Gasteiger partial charge in [-0.2, -0.15) is 0 Å². The molecule has 0 spiro atoms. The molecule has 0 aliphatic rings. The van der Waals surface area contributed by atoms with E-state index >= 15 is 0 Å². The van der Waals surface area contributed by atoms with Crippen LogP contribution in [0.25, 0.3) is 0 Å². The van der Waals surface area contributed by atoms with Gasteiger partial charge in [-0.25, -0.2) is 13.1 Å². The molecule has 3 N–H and O–H groups in total. The Balaban J connectivity index is 3.01. The van der Waals surface area contributed by atoms with Gasteiger partial charge in [0.1, 0.15) is 0 Å². The van der Waals surface area contributed by atoms with Crippen LogP contribution in [-0.4, -0.2) is 21.0 Å². The second-order valence-corrected chi connectivity index (χ2v) is 5.92. The number of rotatable bonds is 5. The lowest BCUT2D eigenvalue weighted by Crippen LogP contribution is -2.39. The molecule has 0 aromatic heterocycles. The highest BCUT2D eigenvalue weighted by Crippen LogP contribution is 2.15. The van der Waals surface area contributed by atoms with Gasteiger partial charge in [-0.3, -0.25) is 0 Å². The first-order valence-electron chi connectivity index (χ1n) is 5.70. The van der Waals surface area contributed by atoms with Gasteiger partial charge in [-0.1, -0.05) is 13.0 Å². The van der Waals surface area contributed by atoms with Gasteiger partial charge in [0.05, 0.1) is 4.90 Å². The summed E-state index contributed by atoms with van der Waals surface area (Å²) in [5, 5.41) is 0. The topological polar surface area (TPSA) is 72.2 Å². The molecule has 0 fully saturated rings. The fourth-order valence-corrected chi connectivity index (χ4v) is 2.88. The van der Waals surface area contributed by atoms with Crippen molar-refractivity contribution >= 4 is 10.0 Å². The molecular weight excluding hydrogens is 236 g/mol. The zero-order chi connectivity index (χ0) is 13.1. The third-order valence-electron chi connectivity index (χ3n) is 2.89. The first kappa shape index (κ1) is 14.2. The lowest BCUT2D eigenvalue weighted by atomic mass is 10.1. The minimum Gasteiger partial charge on any atom is -0.329 e. The molecule has 0 heterocycles. The summed E-state index contributed by atoms with van der Waals surface area (Å²) in [4.78, 5) is 0.299. The Morgan fingerprint density at radius 3 is 2.41 bits per heavy atom. The van der Waals surface area contributed by atoms with Crippen LogP contribution < -0.4 is 10.5 Å². The maximum Gasteiger partial charge on any atom is 0.240 e. The fraction of sp³-hybridized carbons (Fsp3) is 0.500. The molecule has 1 atom stereocenters. The van der Waals surface area contributed by atoms with E-state index in [0.717, 1.165) is 11.1 Å². The molecule has 1 rings (SSSR count). The summed E-state index contributed by atoms with van der Waals surface area (Å²) < 4.78 is 26.7. The molecule has 0 aliphatic heterocycles. The minimum absolute atomic E-state index is 0.207. The van der Waals surface area contributed by atoms with Crippen molar-refractivity contribution in [1.82, 2.24) is 4.72 Å². The second-order valence-electron chi connectivity index (χ2n) is 4.21. The third-order valence-corrected chi connectivity index (χ3v) is 4.41. The molecule has 1 aromatic rings. The molecular formula is C12H20N2O2S. The molecule has 0 bridgehead atoms. The number of sulfonamides is 1. The van der Waals surface area contributed by atoms with Crippen molar-refractivity contribution in [2.75, 3.05) is 6.54 Å². The maximum absolute atomic E-state index is 12.1. The van der Waals surface area contributed by atoms with E-state index in [1.165, 1.54) is 0 Å². The highest BCUT2D eigenvalue weighted by Gasteiger charge is 2.18. The normalized spacial score (nSPS) is 13.6. The highest BCUT2D eigenvalue weighted by molar-refractivity contribution is 7.89. The SMILES string of the molecule is CCC(CN)NS(=O)(=O)c1ccc(C)c(C)c1. The Labute approximate surface area is 103 Å². The average molecular weight is 256 g/mol. The monoisotopic (exact) mass is 256 g/mol. The van der Waals surface area contributed by atoms with Gasteiger partial charge in [-0.05, 0) is 43.5 Å². The summed E-state index contributed by atoms with van der Waals surface area (Å²) in [6, 6.07) is 4.91. The Hall–Kier alpha value is -0.910. The summed E-state index contributed by atoms with van der Waals surface area (Å²) >= 11 is 0. The van der Waals surface area contributed by atoms with Crippen molar-refractivity contribution in [3.8, 4) is 0 Å². The number of nitrogens with two attached hydrogens (primary N) is 1. The highest BCUT2D eigenvalue weighted by atomic mass is 32.2. The predicted molar refractivity (Wildman–Crippen MR) is 69.4 cm³/mol. The Morgan fingerprint density at radius 2 is 1.94 bits per heavy atom. The first-order chi connectivity index (χ1) is 7.90. The van der Waals surface area contributed by atoms with Gasteiger partial charge < -0.3 is 5.73 Å². The van der Waals surface area contributed by atoms with Crippen LogP contribution in [0, 0.1) is 13.8 Å². The second kappa shape index (κ2) is 5.62. The lowest BCUT2D eigenvalue weighted by molar-refractivity contribution is 0.542. The zero-order valence-electron chi connectivity index (χ0n) is 10.5. The fourth-order valence-electron chi connectivity index (χ4n) is 1.47. The van der Waals surface area contributed by atoms with Gasteiger partial charge >= 0.3 is 0 Å². The summed E-state index contributed by atoms with van der Waals surface area (Å²) in [6.07, 6.45) is 0.681. The van der Waals surface area contributed by atoms with E-state index in [2.05, 4.69) is 4.72 Å². The van der Waals surface area contributed by atoms with Crippen LogP contribution in [0.4, 0.5) is 0 Å². The van der Waals surface area contributed by atoms with E-state index < -0.39 is 10.0 Å². The molecule has 5 heteroatoms.